The second-order valence-corrected chi connectivity index (χ2v) is 8.13. The zero-order valence-corrected chi connectivity index (χ0v) is 17.5. The van der Waals surface area contributed by atoms with Crippen LogP contribution < -0.4 is 5.32 Å². The van der Waals surface area contributed by atoms with E-state index < -0.39 is 5.97 Å². The number of thiophene rings is 1. The second kappa shape index (κ2) is 7.00. The maximum Gasteiger partial charge on any atom is 0.374 e. The van der Waals surface area contributed by atoms with E-state index >= 15 is 0 Å². The van der Waals surface area contributed by atoms with Gasteiger partial charge < -0.3 is 19.6 Å². The van der Waals surface area contributed by atoms with E-state index in [-0.39, 0.29) is 5.82 Å². The molecular weight excluding hydrogens is 398 g/mol. The summed E-state index contributed by atoms with van der Waals surface area (Å²) in [6.45, 7) is 2.05. The third-order valence-corrected chi connectivity index (χ3v) is 6.24. The van der Waals surface area contributed by atoms with E-state index in [9.17, 15) is 4.79 Å². The van der Waals surface area contributed by atoms with Crippen LogP contribution in [0.3, 0.4) is 0 Å². The van der Waals surface area contributed by atoms with Crippen LogP contribution in [0.2, 0.25) is 0 Å². The number of rotatable bonds is 4. The first-order valence-electron chi connectivity index (χ1n) is 9.39. The van der Waals surface area contributed by atoms with E-state index in [1.54, 1.807) is 35.3 Å². The predicted molar refractivity (Wildman–Crippen MR) is 119 cm³/mol. The summed E-state index contributed by atoms with van der Waals surface area (Å²) in [5, 5.41) is 4.69. The van der Waals surface area contributed by atoms with Gasteiger partial charge in [0, 0.05) is 35.5 Å². The van der Waals surface area contributed by atoms with Crippen molar-refractivity contribution in [2.24, 2.45) is 7.05 Å². The van der Waals surface area contributed by atoms with Gasteiger partial charge in [-0.1, -0.05) is 0 Å². The number of ether oxygens (including phenoxy) is 1. The number of nitrogens with zero attached hydrogens (tertiary/aromatic N) is 3. The lowest BCUT2D eigenvalue weighted by Crippen LogP contribution is -2.09. The lowest BCUT2D eigenvalue weighted by atomic mass is 10.2. The van der Waals surface area contributed by atoms with Gasteiger partial charge in [-0.05, 0) is 43.3 Å². The van der Waals surface area contributed by atoms with E-state index in [1.807, 2.05) is 12.1 Å². The van der Waals surface area contributed by atoms with Crippen LogP contribution in [0.5, 0.6) is 0 Å². The Morgan fingerprint density at radius 1 is 1.20 bits per heavy atom. The highest BCUT2D eigenvalue weighted by Gasteiger charge is 2.18. The Kier molecular flexibility index (Phi) is 4.29. The zero-order valence-electron chi connectivity index (χ0n) is 16.7. The van der Waals surface area contributed by atoms with Gasteiger partial charge in [-0.25, -0.2) is 9.78 Å². The number of pyridine rings is 1. The minimum atomic E-state index is -0.458. The summed E-state index contributed by atoms with van der Waals surface area (Å²) in [5.41, 5.74) is 5.98. The standard InChI is InChI=1S/C22H19N5O2S/c1-12-8-13-9-14(4-5-15(13)25-12)26-16-6-7-23-17-10-19(30-20(16)17)18-11-24-21(27(18)2)22(28)29-3/h4-11,25H,1-3H3,(H,23,26). The molecule has 0 aliphatic heterocycles. The van der Waals surface area contributed by atoms with Crippen LogP contribution in [-0.2, 0) is 11.8 Å². The molecule has 5 rings (SSSR count). The lowest BCUT2D eigenvalue weighted by Gasteiger charge is -2.07. The van der Waals surface area contributed by atoms with Gasteiger partial charge in [-0.15, -0.1) is 11.3 Å². The van der Waals surface area contributed by atoms with Crippen LogP contribution in [0, 0.1) is 6.92 Å². The SMILES string of the molecule is COC(=O)c1ncc(-c2cc3nccc(Nc4ccc5[nH]c(C)cc5c4)c3s2)n1C. The van der Waals surface area contributed by atoms with Crippen LogP contribution in [-0.4, -0.2) is 32.6 Å². The molecule has 0 unspecified atom stereocenters. The Labute approximate surface area is 176 Å². The molecule has 0 amide bonds. The fourth-order valence-electron chi connectivity index (χ4n) is 3.59. The van der Waals surface area contributed by atoms with Crippen molar-refractivity contribution in [3.8, 4) is 10.6 Å². The van der Waals surface area contributed by atoms with Crippen LogP contribution in [0.1, 0.15) is 16.3 Å². The van der Waals surface area contributed by atoms with Gasteiger partial charge in [-0.2, -0.15) is 0 Å². The molecule has 0 aliphatic rings. The fourth-order valence-corrected chi connectivity index (χ4v) is 4.72. The average molecular weight is 417 g/mol. The summed E-state index contributed by atoms with van der Waals surface area (Å²) in [4.78, 5) is 24.9. The van der Waals surface area contributed by atoms with Crippen molar-refractivity contribution in [2.75, 3.05) is 12.4 Å². The number of benzene rings is 1. The minimum absolute atomic E-state index is 0.270. The van der Waals surface area contributed by atoms with E-state index in [1.165, 1.54) is 12.5 Å². The van der Waals surface area contributed by atoms with Gasteiger partial charge in [-0.3, -0.25) is 4.98 Å². The summed E-state index contributed by atoms with van der Waals surface area (Å²) in [6.07, 6.45) is 3.48. The van der Waals surface area contributed by atoms with E-state index in [0.717, 1.165) is 43.4 Å². The van der Waals surface area contributed by atoms with Gasteiger partial charge in [0.05, 0.1) is 39.8 Å². The third-order valence-electron chi connectivity index (χ3n) is 5.05. The number of fused-ring (bicyclic) bond motifs is 2. The quantitative estimate of drug-likeness (QED) is 0.401. The molecule has 0 saturated carbocycles. The number of hydrogen-bond donors (Lipinski definition) is 2. The highest BCUT2D eigenvalue weighted by atomic mass is 32.1. The van der Waals surface area contributed by atoms with Gasteiger partial charge in [0.15, 0.2) is 0 Å². The number of H-pyrrole nitrogens is 1. The van der Waals surface area contributed by atoms with Gasteiger partial charge >= 0.3 is 5.97 Å². The monoisotopic (exact) mass is 417 g/mol. The molecule has 0 spiro atoms. The number of aryl methyl sites for hydroxylation is 1. The summed E-state index contributed by atoms with van der Waals surface area (Å²) in [7, 11) is 3.16. The maximum atomic E-state index is 11.9. The smallest absolute Gasteiger partial charge is 0.374 e. The highest BCUT2D eigenvalue weighted by molar-refractivity contribution is 7.22. The second-order valence-electron chi connectivity index (χ2n) is 7.08. The maximum absolute atomic E-state index is 11.9. The first kappa shape index (κ1) is 18.4. The molecular formula is C22H19N5O2S. The molecule has 0 aliphatic carbocycles. The number of aromatic nitrogens is 4. The molecule has 1 aromatic carbocycles. The Hall–Kier alpha value is -3.65. The Morgan fingerprint density at radius 3 is 2.90 bits per heavy atom. The number of nitrogens with one attached hydrogen (secondary N) is 2. The van der Waals surface area contributed by atoms with Crippen molar-refractivity contribution in [1.82, 2.24) is 19.5 Å². The third kappa shape index (κ3) is 3.02. The van der Waals surface area contributed by atoms with Crippen molar-refractivity contribution in [1.29, 1.82) is 0 Å². The van der Waals surface area contributed by atoms with Crippen molar-refractivity contribution in [3.63, 3.8) is 0 Å². The van der Waals surface area contributed by atoms with Crippen molar-refractivity contribution in [3.05, 3.63) is 60.3 Å². The van der Waals surface area contributed by atoms with Gasteiger partial charge in [0.25, 0.3) is 0 Å². The molecule has 5 aromatic rings. The molecule has 150 valence electrons. The molecule has 4 heterocycles. The van der Waals surface area contributed by atoms with Crippen molar-refractivity contribution < 1.29 is 9.53 Å². The van der Waals surface area contributed by atoms with Crippen LogP contribution >= 0.6 is 11.3 Å². The van der Waals surface area contributed by atoms with E-state index in [4.69, 9.17) is 4.74 Å². The number of imidazole rings is 1. The van der Waals surface area contributed by atoms with Crippen LogP contribution in [0.15, 0.2) is 48.8 Å². The highest BCUT2D eigenvalue weighted by Crippen LogP contribution is 2.37. The first-order chi connectivity index (χ1) is 14.5. The molecule has 4 aromatic heterocycles. The number of hydrogen-bond acceptors (Lipinski definition) is 6. The lowest BCUT2D eigenvalue weighted by molar-refractivity contribution is 0.0583. The van der Waals surface area contributed by atoms with E-state index in [2.05, 4.69) is 51.5 Å². The minimum Gasteiger partial charge on any atom is -0.463 e. The molecule has 0 bridgehead atoms. The Bertz CT molecular complexity index is 1410. The number of anilines is 2. The number of methoxy groups -OCH3 is 1. The number of esters is 1. The number of carbonyl (C=O) groups is 1. The van der Waals surface area contributed by atoms with Crippen molar-refractivity contribution in [2.45, 2.75) is 6.92 Å². The summed E-state index contributed by atoms with van der Waals surface area (Å²) in [5.74, 6) is -0.188. The van der Waals surface area contributed by atoms with Gasteiger partial charge in [0.1, 0.15) is 0 Å². The summed E-state index contributed by atoms with van der Waals surface area (Å²) >= 11 is 1.61. The molecule has 8 heteroatoms. The molecule has 0 saturated heterocycles. The molecule has 0 fully saturated rings. The largest absolute Gasteiger partial charge is 0.463 e. The van der Waals surface area contributed by atoms with Crippen molar-refractivity contribution >= 4 is 49.8 Å². The summed E-state index contributed by atoms with van der Waals surface area (Å²) in [6, 6.07) is 12.4. The molecule has 30 heavy (non-hydrogen) atoms. The molecule has 2 N–H and O–H groups in total. The molecule has 7 nitrogen and oxygen atoms in total. The van der Waals surface area contributed by atoms with E-state index in [0.29, 0.717) is 0 Å². The average Bonchev–Trinajstić information content (AvgIpc) is 3.42. The van der Waals surface area contributed by atoms with Crippen LogP contribution in [0.25, 0.3) is 31.7 Å². The fraction of sp³-hybridized carbons (Fsp3) is 0.136. The molecule has 0 radical (unpaired) electrons. The number of carbonyl (C=O) groups excluding carboxylic acids is 1. The normalized spacial score (nSPS) is 11.3. The predicted octanol–water partition coefficient (Wildman–Crippen LogP) is 5.02. The number of aromatic amines is 1. The van der Waals surface area contributed by atoms with Crippen LogP contribution in [0.4, 0.5) is 11.4 Å². The topological polar surface area (TPSA) is 84.8 Å². The Morgan fingerprint density at radius 2 is 2.07 bits per heavy atom. The Balaban J connectivity index is 1.53. The zero-order chi connectivity index (χ0) is 20.8. The molecule has 0 atom stereocenters. The summed E-state index contributed by atoms with van der Waals surface area (Å²) < 4.78 is 7.58. The first-order valence-corrected chi connectivity index (χ1v) is 10.2. The van der Waals surface area contributed by atoms with Gasteiger partial charge in [0.2, 0.25) is 5.82 Å².